The minimum Gasteiger partial charge on any atom is -0.309 e. The molecule has 0 aliphatic heterocycles. The van der Waals surface area contributed by atoms with Crippen LogP contribution in [0, 0.1) is 0 Å². The molecule has 8 rings (SSSR count). The van der Waals surface area contributed by atoms with Crippen molar-refractivity contribution in [2.75, 3.05) is 0 Å². The monoisotopic (exact) mass is 499 g/mol. The van der Waals surface area contributed by atoms with E-state index in [1.54, 1.807) is 47.0 Å². The molecule has 0 aliphatic carbocycles. The maximum absolute atomic E-state index is 9.18. The van der Waals surface area contributed by atoms with Gasteiger partial charge in [-0.25, -0.2) is 0 Å². The summed E-state index contributed by atoms with van der Waals surface area (Å²) in [5, 5.41) is 0.685. The first-order valence-corrected chi connectivity index (χ1v) is 11.8. The summed E-state index contributed by atoms with van der Waals surface area (Å²) in [4.78, 5) is 0. The van der Waals surface area contributed by atoms with Crippen LogP contribution in [0.25, 0.3) is 66.5 Å². The zero-order chi connectivity index (χ0) is 38.1. The third kappa shape index (κ3) is 3.07. The molecule has 0 saturated heterocycles. The second-order valence-electron chi connectivity index (χ2n) is 8.70. The summed E-state index contributed by atoms with van der Waals surface area (Å²) in [6.45, 7) is 0. The molecule has 2 heteroatoms. The molecule has 178 valence electrons. The zero-order valence-electron chi connectivity index (χ0n) is 34.6. The fourth-order valence-electron chi connectivity index (χ4n) is 5.02. The minimum atomic E-state index is -0.686. The zero-order valence-corrected chi connectivity index (χ0v) is 19.6. The van der Waals surface area contributed by atoms with Crippen molar-refractivity contribution in [3.8, 4) is 33.6 Å². The van der Waals surface area contributed by atoms with Crippen molar-refractivity contribution in [1.82, 2.24) is 9.13 Å². The van der Waals surface area contributed by atoms with E-state index in [1.807, 2.05) is 0 Å². The Morgan fingerprint density at radius 3 is 1.61 bits per heavy atom. The second kappa shape index (κ2) is 8.22. The summed E-state index contributed by atoms with van der Waals surface area (Å²) in [6, 6.07) is 7.26. The highest BCUT2D eigenvalue weighted by molar-refractivity contribution is 6.25. The highest BCUT2D eigenvalue weighted by Crippen LogP contribution is 2.42. The molecule has 0 N–H and O–H groups in total. The Morgan fingerprint density at radius 1 is 0.421 bits per heavy atom. The molecular formula is C36H24N2. The quantitative estimate of drug-likeness (QED) is 0.228. The Hall–Kier alpha value is -5.08. The lowest BCUT2D eigenvalue weighted by Gasteiger charge is -2.13. The molecule has 0 amide bonds. The molecule has 0 aliphatic rings. The van der Waals surface area contributed by atoms with E-state index in [0.29, 0.717) is 16.5 Å². The average molecular weight is 500 g/mol. The predicted molar refractivity (Wildman–Crippen MR) is 160 cm³/mol. The van der Waals surface area contributed by atoms with Crippen molar-refractivity contribution in [2.45, 2.75) is 0 Å². The van der Waals surface area contributed by atoms with E-state index in [9.17, 15) is 1.37 Å². The van der Waals surface area contributed by atoms with Gasteiger partial charge in [-0.2, -0.15) is 0 Å². The lowest BCUT2D eigenvalue weighted by molar-refractivity contribution is 1.16. The maximum atomic E-state index is 9.18. The summed E-state index contributed by atoms with van der Waals surface area (Å²) in [5.41, 5.74) is 0.613. The molecule has 0 atom stereocenters. The Balaban J connectivity index is 1.48. The number of benzene rings is 6. The summed E-state index contributed by atoms with van der Waals surface area (Å²) < 4.78 is 133. The van der Waals surface area contributed by atoms with Crippen molar-refractivity contribution >= 4 is 32.8 Å². The van der Waals surface area contributed by atoms with E-state index >= 15 is 0 Å². The number of hydrogen-bond acceptors (Lipinski definition) is 0. The SMILES string of the molecule is [2H]c1c([2H])c([2H])c(-c2c([2H])c([2H])c([2H])c(-c3cccc(-n4c5c([2H])c([2H])c([2H])c6c5c5c(c([2H])c([2H])c([2H])c54)n6-c4ccccc4)c3)c2[2H])c([2H])c1[2H]. The molecule has 0 bridgehead atoms. The highest BCUT2D eigenvalue weighted by atomic mass is 15.0. The van der Waals surface area contributed by atoms with Gasteiger partial charge in [-0.15, -0.1) is 0 Å². The van der Waals surface area contributed by atoms with Crippen molar-refractivity contribution in [3.63, 3.8) is 0 Å². The summed E-state index contributed by atoms with van der Waals surface area (Å²) in [6.07, 6.45) is 0. The van der Waals surface area contributed by atoms with Crippen molar-refractivity contribution in [1.29, 1.82) is 0 Å². The fourth-order valence-corrected chi connectivity index (χ4v) is 5.02. The molecule has 2 nitrogen and oxygen atoms in total. The maximum Gasteiger partial charge on any atom is 0.0645 e. The Bertz CT molecular complexity index is 2780. The van der Waals surface area contributed by atoms with E-state index in [4.69, 9.17) is 19.2 Å². The van der Waals surface area contributed by atoms with Gasteiger partial charge in [0.25, 0.3) is 0 Å². The van der Waals surface area contributed by atoms with Crippen LogP contribution in [0.5, 0.6) is 0 Å². The van der Waals surface area contributed by atoms with Gasteiger partial charge < -0.3 is 9.13 Å². The van der Waals surface area contributed by atoms with Crippen LogP contribution in [0.15, 0.2) is 145 Å². The number of para-hydroxylation sites is 1. The van der Waals surface area contributed by atoms with Crippen molar-refractivity contribution in [2.24, 2.45) is 0 Å². The van der Waals surface area contributed by atoms with Gasteiger partial charge in [0.2, 0.25) is 0 Å². The molecule has 6 aromatic carbocycles. The number of nitrogens with zero attached hydrogens (tertiary/aromatic N) is 2. The van der Waals surface area contributed by atoms with Gasteiger partial charge in [0, 0.05) is 22.1 Å². The van der Waals surface area contributed by atoms with E-state index in [0.717, 1.165) is 0 Å². The molecule has 2 aromatic heterocycles. The van der Waals surface area contributed by atoms with Gasteiger partial charge in [-0.3, -0.25) is 0 Å². The summed E-state index contributed by atoms with van der Waals surface area (Å²) >= 11 is 0. The first kappa shape index (κ1) is 11.1. The Kier molecular flexibility index (Phi) is 2.41. The molecular weight excluding hydrogens is 460 g/mol. The third-order valence-electron chi connectivity index (χ3n) is 6.60. The topological polar surface area (TPSA) is 9.86 Å². The van der Waals surface area contributed by atoms with E-state index < -0.39 is 77.6 Å². The molecule has 0 unspecified atom stereocenters. The normalized spacial score (nSPS) is 17.2. The van der Waals surface area contributed by atoms with Gasteiger partial charge in [0.05, 0.1) is 42.6 Å². The second-order valence-corrected chi connectivity index (χ2v) is 8.70. The Morgan fingerprint density at radius 2 is 0.947 bits per heavy atom. The lowest BCUT2D eigenvalue weighted by atomic mass is 9.99. The van der Waals surface area contributed by atoms with Crippen LogP contribution in [0.2, 0.25) is 0 Å². The number of hydrogen-bond donors (Lipinski definition) is 0. The van der Waals surface area contributed by atoms with Crippen LogP contribution in [0.3, 0.4) is 0 Å². The van der Waals surface area contributed by atoms with Gasteiger partial charge in [0.15, 0.2) is 0 Å². The van der Waals surface area contributed by atoms with Crippen LogP contribution in [0.1, 0.15) is 20.6 Å². The molecule has 2 heterocycles. The fraction of sp³-hybridized carbons (Fsp3) is 0. The molecule has 0 saturated carbocycles. The summed E-state index contributed by atoms with van der Waals surface area (Å²) in [5.74, 6) is 0. The number of aromatic nitrogens is 2. The van der Waals surface area contributed by atoms with Crippen LogP contribution in [0.4, 0.5) is 0 Å². The summed E-state index contributed by atoms with van der Waals surface area (Å²) in [7, 11) is 0. The van der Waals surface area contributed by atoms with Gasteiger partial charge >= 0.3 is 0 Å². The van der Waals surface area contributed by atoms with E-state index in [-0.39, 0.29) is 63.1 Å². The first-order chi connectivity index (χ1) is 25.1. The van der Waals surface area contributed by atoms with Crippen LogP contribution < -0.4 is 0 Å². The average Bonchev–Trinajstić information content (AvgIpc) is 3.69. The minimum absolute atomic E-state index is 0.131. The molecule has 8 aromatic rings. The van der Waals surface area contributed by atoms with Crippen molar-refractivity contribution in [3.05, 3.63) is 145 Å². The van der Waals surface area contributed by atoms with Crippen molar-refractivity contribution < 1.29 is 20.6 Å². The molecule has 38 heavy (non-hydrogen) atoms. The van der Waals surface area contributed by atoms with Crippen LogP contribution in [-0.4, -0.2) is 9.13 Å². The van der Waals surface area contributed by atoms with Crippen LogP contribution >= 0.6 is 0 Å². The Labute approximate surface area is 242 Å². The lowest BCUT2D eigenvalue weighted by Crippen LogP contribution is -1.98. The standard InChI is InChI=1S/C36H24N2/c1-3-11-25(12-4-1)26-13-7-14-27(23-26)28-15-8-18-30(24-28)38-33-21-9-19-31-35(33)36-32(20-10-22-34(36)38)37(31)29-16-5-2-6-17-29/h1-24H/i1D,3D,4D,7D,9D,10D,11D,12D,13D,14D,19D,20D,21D,22D,23D. The van der Waals surface area contributed by atoms with Crippen LogP contribution in [-0.2, 0) is 0 Å². The van der Waals surface area contributed by atoms with Gasteiger partial charge in [0.1, 0.15) is 0 Å². The highest BCUT2D eigenvalue weighted by Gasteiger charge is 2.22. The predicted octanol–water partition coefficient (Wildman–Crippen LogP) is 9.50. The first-order valence-electron chi connectivity index (χ1n) is 19.3. The van der Waals surface area contributed by atoms with E-state index in [2.05, 4.69) is 0 Å². The number of rotatable bonds is 4. The van der Waals surface area contributed by atoms with Gasteiger partial charge in [-0.05, 0) is 76.7 Å². The van der Waals surface area contributed by atoms with E-state index in [1.165, 1.54) is 16.7 Å². The largest absolute Gasteiger partial charge is 0.309 e. The molecule has 0 spiro atoms. The van der Waals surface area contributed by atoms with Gasteiger partial charge in [-0.1, -0.05) is 90.8 Å². The molecule has 0 radical (unpaired) electrons. The molecule has 0 fully saturated rings. The smallest absolute Gasteiger partial charge is 0.0645 e. The third-order valence-corrected chi connectivity index (χ3v) is 6.60.